The Morgan fingerprint density at radius 2 is 0.773 bits per heavy atom. The zero-order chi connectivity index (χ0) is 17.1. The van der Waals surface area contributed by atoms with Crippen molar-refractivity contribution in [1.29, 1.82) is 0 Å². The Hall–Kier alpha value is 1.11. The fourth-order valence-electron chi connectivity index (χ4n) is 0. The van der Waals surface area contributed by atoms with Crippen molar-refractivity contribution in [2.75, 3.05) is 0 Å². The predicted octanol–water partition coefficient (Wildman–Crippen LogP) is -4.58. The largest absolute Gasteiger partial charge is 2.00 e. The summed E-state index contributed by atoms with van der Waals surface area (Å²) in [7, 11) is -15.0. The van der Waals surface area contributed by atoms with Crippen LogP contribution in [0.5, 0.6) is 0 Å². The monoisotopic (exact) mass is 488 g/mol. The second-order valence-electron chi connectivity index (χ2n) is 1.67. The fraction of sp³-hybridized carbons (Fsp3) is 0. The quantitative estimate of drug-likeness (QED) is 0.141. The second kappa shape index (κ2) is 20.2. The van der Waals surface area contributed by atoms with Crippen LogP contribution < -0.4 is 11.5 Å². The van der Waals surface area contributed by atoms with Crippen LogP contribution >= 0.6 is 13.5 Å². The molecule has 21 heteroatoms. The molecule has 0 saturated carbocycles. The Morgan fingerprint density at radius 3 is 0.773 bits per heavy atom. The van der Waals surface area contributed by atoms with E-state index in [4.69, 9.17) is 57.4 Å². The van der Waals surface area contributed by atoms with Crippen molar-refractivity contribution >= 4 is 88.5 Å². The van der Waals surface area contributed by atoms with E-state index in [1.165, 1.54) is 0 Å². The molecule has 0 aliphatic heterocycles. The van der Waals surface area contributed by atoms with Crippen molar-refractivity contribution in [2.45, 2.75) is 0 Å². The van der Waals surface area contributed by atoms with Gasteiger partial charge in [-0.1, -0.05) is 0 Å². The first-order valence-electron chi connectivity index (χ1n) is 2.81. The first kappa shape index (κ1) is 43.5. The van der Waals surface area contributed by atoms with E-state index < -0.39 is 37.2 Å². The van der Waals surface area contributed by atoms with Crippen LogP contribution in [0.3, 0.4) is 0 Å². The Bertz CT molecular complexity index is 437. The van der Waals surface area contributed by atoms with Crippen LogP contribution in [0.15, 0.2) is 0 Å². The molecule has 0 fully saturated rings. The standard InChI is InChI=1S/CH4N2O.Ca.3H2O4S.H2S.Zn/c2-1(3)4;;3*1-5(2,3)4;;/h(H4,2,3,4);;3*(H2,1,2,3,4);1H2;/q;+2;;;;;+2/p-4. The van der Waals surface area contributed by atoms with Crippen molar-refractivity contribution in [3.05, 3.63) is 0 Å². The molecule has 22 heavy (non-hydrogen) atoms. The summed E-state index contributed by atoms with van der Waals surface area (Å²) in [5.74, 6) is 0. The number of nitrogens with two attached hydrogens (primary N) is 2. The van der Waals surface area contributed by atoms with Crippen molar-refractivity contribution in [3.63, 3.8) is 0 Å². The molecule has 0 aromatic rings. The summed E-state index contributed by atoms with van der Waals surface area (Å²) in [5.41, 5.74) is 8.50. The number of rotatable bonds is 0. The smallest absolute Gasteiger partial charge is 0.759 e. The summed E-state index contributed by atoms with van der Waals surface area (Å²) >= 11 is 0. The van der Waals surface area contributed by atoms with E-state index in [2.05, 4.69) is 11.5 Å². The van der Waals surface area contributed by atoms with Gasteiger partial charge in [-0.3, -0.25) is 25.9 Å². The van der Waals surface area contributed by atoms with Crippen LogP contribution in [0.2, 0.25) is 0 Å². The summed E-state index contributed by atoms with van der Waals surface area (Å²) < 4.78 is 99.7. The summed E-state index contributed by atoms with van der Waals surface area (Å²) in [6.07, 6.45) is 0. The van der Waals surface area contributed by atoms with E-state index >= 15 is 0 Å². The molecule has 0 aliphatic carbocycles. The van der Waals surface area contributed by atoms with Crippen LogP contribution in [0.25, 0.3) is 0 Å². The van der Waals surface area contributed by atoms with Crippen LogP contribution in [-0.2, 0) is 50.7 Å². The third-order valence-corrected chi connectivity index (χ3v) is 0. The van der Waals surface area contributed by atoms with Gasteiger partial charge >= 0.3 is 73.6 Å². The van der Waals surface area contributed by atoms with Gasteiger partial charge in [0, 0.05) is 20.8 Å². The summed E-state index contributed by atoms with van der Waals surface area (Å²) in [6, 6.07) is -0.833. The van der Waals surface area contributed by atoms with Crippen molar-refractivity contribution in [1.82, 2.24) is 0 Å². The summed E-state index contributed by atoms with van der Waals surface area (Å²) in [4.78, 5) is 9.00. The van der Waals surface area contributed by atoms with Gasteiger partial charge in [-0.15, -0.1) is 0 Å². The summed E-state index contributed by atoms with van der Waals surface area (Å²) in [6.45, 7) is 0. The van der Waals surface area contributed by atoms with Gasteiger partial charge in [0.2, 0.25) is 0 Å². The molecule has 6 N–H and O–H groups in total. The molecule has 15 nitrogen and oxygen atoms in total. The van der Waals surface area contributed by atoms with Crippen molar-refractivity contribution in [2.24, 2.45) is 11.5 Å². The van der Waals surface area contributed by atoms with E-state index in [9.17, 15) is 0 Å². The molecule has 0 atom stereocenters. The molecule has 0 unspecified atom stereocenters. The average molecular weight is 490 g/mol. The maximum absolute atomic E-state index is 9.00. The van der Waals surface area contributed by atoms with Crippen LogP contribution in [-0.4, -0.2) is 96.3 Å². The zero-order valence-electron chi connectivity index (χ0n) is 10.2. The van der Waals surface area contributed by atoms with E-state index in [-0.39, 0.29) is 70.7 Å². The van der Waals surface area contributed by atoms with Gasteiger partial charge < -0.3 is 29.7 Å². The number of carbonyl (C=O) groups excluding carboxylic acids is 1. The molecule has 0 aromatic carbocycles. The number of hydrogen-bond donors (Lipinski definition) is 4. The molecule has 0 heterocycles. The predicted molar refractivity (Wildman–Crippen MR) is 65.0 cm³/mol. The molecule has 0 aliphatic rings. The number of carbonyl (C=O) groups is 1. The molecule has 0 saturated heterocycles. The third kappa shape index (κ3) is 6890. The first-order valence-corrected chi connectivity index (χ1v) is 6.88. The maximum atomic E-state index is 9.00. The van der Waals surface area contributed by atoms with Gasteiger partial charge in [0.05, 0.1) is 0 Å². The fourth-order valence-corrected chi connectivity index (χ4v) is 0. The Balaban J connectivity index is -0.0000000262. The Labute approximate surface area is 175 Å². The van der Waals surface area contributed by atoms with E-state index in [0.29, 0.717) is 0 Å². The molecule has 0 bridgehead atoms. The minimum absolute atomic E-state index is 0. The van der Waals surface area contributed by atoms with Crippen LogP contribution in [0.1, 0.15) is 0 Å². The zero-order valence-corrected chi connectivity index (χ0v) is 18.8. The normalized spacial score (nSPS) is 9.00. The number of amides is 2. The van der Waals surface area contributed by atoms with Crippen molar-refractivity contribution in [3.8, 4) is 0 Å². The maximum Gasteiger partial charge on any atom is 2.00 e. The SMILES string of the molecule is NC(N)=O.O=S(=O)(O)O.O=S(=O)([O-])[O-].O=S(=O)([O-])[O-].S.[Ca+2].[Zn+2]. The van der Waals surface area contributed by atoms with E-state index in [1.807, 2.05) is 0 Å². The van der Waals surface area contributed by atoms with Gasteiger partial charge in [0.15, 0.2) is 0 Å². The second-order valence-corrected chi connectivity index (χ2v) is 4.20. The van der Waals surface area contributed by atoms with Gasteiger partial charge in [0.25, 0.3) is 0 Å². The minimum atomic E-state index is -5.17. The van der Waals surface area contributed by atoms with Gasteiger partial charge in [-0.2, -0.15) is 21.9 Å². The minimum Gasteiger partial charge on any atom is -0.759 e. The molecular formula is CH8CaN2O13S4Zn. The molecule has 0 radical (unpaired) electrons. The first-order chi connectivity index (χ1) is 7.73. The number of urea groups is 1. The molecule has 0 spiro atoms. The molecular weight excluding hydrogens is 482 g/mol. The average Bonchev–Trinajstić information content (AvgIpc) is 1.66. The van der Waals surface area contributed by atoms with Crippen LogP contribution in [0.4, 0.5) is 4.79 Å². The van der Waals surface area contributed by atoms with E-state index in [0.717, 1.165) is 0 Å². The number of hydrogen-bond acceptors (Lipinski definition) is 11. The molecule has 0 aromatic heterocycles. The van der Waals surface area contributed by atoms with E-state index in [1.54, 1.807) is 0 Å². The topological polar surface area (TPSA) is 304 Å². The number of primary amides is 2. The van der Waals surface area contributed by atoms with Gasteiger partial charge in [-0.05, 0) is 0 Å². The van der Waals surface area contributed by atoms with Gasteiger partial charge in [0.1, 0.15) is 0 Å². The Morgan fingerprint density at radius 1 is 0.773 bits per heavy atom. The molecule has 2 amide bonds. The molecule has 128 valence electrons. The van der Waals surface area contributed by atoms with Gasteiger partial charge in [-0.25, -0.2) is 4.79 Å². The van der Waals surface area contributed by atoms with Crippen LogP contribution in [0, 0.1) is 0 Å². The van der Waals surface area contributed by atoms with Crippen molar-refractivity contribution < 1.29 is 76.8 Å². The third-order valence-electron chi connectivity index (χ3n) is 0. The Kier molecular flexibility index (Phi) is 39.9. The molecule has 0 rings (SSSR count). The summed E-state index contributed by atoms with van der Waals surface area (Å²) in [5, 5.41) is 0.